The smallest absolute Gasteiger partial charge is 0.231 e. The van der Waals surface area contributed by atoms with Crippen LogP contribution in [0.5, 0.6) is 11.5 Å². The molecule has 2 heterocycles. The van der Waals surface area contributed by atoms with E-state index in [2.05, 4.69) is 5.32 Å². The first kappa shape index (κ1) is 14.2. The molecule has 0 atom stereocenters. The summed E-state index contributed by atoms with van der Waals surface area (Å²) in [4.78, 5) is 14.5. The maximum atomic E-state index is 12.6. The van der Waals surface area contributed by atoms with E-state index in [1.54, 1.807) is 0 Å². The minimum absolute atomic E-state index is 0.167. The van der Waals surface area contributed by atoms with Gasteiger partial charge in [-0.05, 0) is 50.6 Å². The number of rotatable bonds is 4. The van der Waals surface area contributed by atoms with E-state index in [0.29, 0.717) is 6.54 Å². The molecule has 3 rings (SSSR count). The Morgan fingerprint density at radius 3 is 2.81 bits per heavy atom. The summed E-state index contributed by atoms with van der Waals surface area (Å²) in [6.45, 7) is 5.57. The van der Waals surface area contributed by atoms with Crippen LogP contribution in [0.25, 0.3) is 0 Å². The van der Waals surface area contributed by atoms with Crippen molar-refractivity contribution < 1.29 is 14.3 Å². The first-order valence-corrected chi connectivity index (χ1v) is 7.66. The fraction of sp³-hybridized carbons (Fsp3) is 0.562. The van der Waals surface area contributed by atoms with Crippen LogP contribution in [0.3, 0.4) is 0 Å². The van der Waals surface area contributed by atoms with Gasteiger partial charge in [-0.1, -0.05) is 6.07 Å². The number of carbonyl (C=O) groups excluding carboxylic acids is 1. The minimum atomic E-state index is 0.167. The molecule has 1 fully saturated rings. The lowest BCUT2D eigenvalue weighted by Gasteiger charge is -2.29. The summed E-state index contributed by atoms with van der Waals surface area (Å²) in [6.07, 6.45) is 1.88. The fourth-order valence-corrected chi connectivity index (χ4v) is 2.93. The van der Waals surface area contributed by atoms with Crippen LogP contribution in [0.15, 0.2) is 18.2 Å². The van der Waals surface area contributed by atoms with Crippen molar-refractivity contribution in [2.75, 3.05) is 26.4 Å². The Labute approximate surface area is 125 Å². The van der Waals surface area contributed by atoms with Gasteiger partial charge in [0.2, 0.25) is 12.7 Å². The maximum absolute atomic E-state index is 12.6. The van der Waals surface area contributed by atoms with E-state index < -0.39 is 0 Å². The van der Waals surface area contributed by atoms with Gasteiger partial charge in [-0.3, -0.25) is 4.79 Å². The molecule has 5 nitrogen and oxygen atoms in total. The van der Waals surface area contributed by atoms with Crippen molar-refractivity contribution >= 4 is 5.91 Å². The summed E-state index contributed by atoms with van der Waals surface area (Å²) >= 11 is 0. The van der Waals surface area contributed by atoms with Crippen LogP contribution in [0.1, 0.15) is 25.3 Å². The lowest BCUT2D eigenvalue weighted by Crippen LogP contribution is -2.40. The van der Waals surface area contributed by atoms with Gasteiger partial charge in [0.05, 0.1) is 0 Å². The number of hydrogen-bond donors (Lipinski definition) is 1. The Bertz CT molecular complexity index is 512. The number of benzene rings is 1. The number of amides is 1. The Morgan fingerprint density at radius 2 is 2.05 bits per heavy atom. The predicted octanol–water partition coefficient (Wildman–Crippen LogP) is 1.76. The average molecular weight is 290 g/mol. The first-order chi connectivity index (χ1) is 10.3. The molecule has 0 saturated carbocycles. The number of carbonyl (C=O) groups is 1. The van der Waals surface area contributed by atoms with Crippen molar-refractivity contribution in [2.45, 2.75) is 26.3 Å². The molecule has 5 heteroatoms. The van der Waals surface area contributed by atoms with E-state index in [9.17, 15) is 4.79 Å². The minimum Gasteiger partial charge on any atom is -0.454 e. The largest absolute Gasteiger partial charge is 0.454 e. The lowest BCUT2D eigenvalue weighted by molar-refractivity contribution is -0.136. The maximum Gasteiger partial charge on any atom is 0.231 e. The second-order valence-electron chi connectivity index (χ2n) is 5.56. The highest BCUT2D eigenvalue weighted by Gasteiger charge is 2.25. The van der Waals surface area contributed by atoms with Gasteiger partial charge in [0, 0.05) is 19.0 Å². The quantitative estimate of drug-likeness (QED) is 0.918. The van der Waals surface area contributed by atoms with Crippen molar-refractivity contribution in [3.63, 3.8) is 0 Å². The third kappa shape index (κ3) is 3.13. The van der Waals surface area contributed by atoms with Gasteiger partial charge in [0.1, 0.15) is 0 Å². The molecule has 2 aliphatic rings. The van der Waals surface area contributed by atoms with Crippen molar-refractivity contribution in [3.05, 3.63) is 23.8 Å². The topological polar surface area (TPSA) is 50.8 Å². The number of fused-ring (bicyclic) bond motifs is 1. The zero-order valence-electron chi connectivity index (χ0n) is 12.4. The molecule has 114 valence electrons. The van der Waals surface area contributed by atoms with Gasteiger partial charge in [-0.15, -0.1) is 0 Å². The SMILES string of the molecule is CCN(Cc1ccc2c(c1)OCO2)C(=O)C1CCNCC1. The molecule has 1 aromatic carbocycles. The van der Waals surface area contributed by atoms with E-state index in [-0.39, 0.29) is 18.6 Å². The standard InChI is InChI=1S/C16H22N2O3/c1-2-18(16(19)13-5-7-17-8-6-13)10-12-3-4-14-15(9-12)21-11-20-14/h3-4,9,13,17H,2,5-8,10-11H2,1H3. The van der Waals surface area contributed by atoms with Gasteiger partial charge >= 0.3 is 0 Å². The van der Waals surface area contributed by atoms with Crippen molar-refractivity contribution in [2.24, 2.45) is 5.92 Å². The number of nitrogens with one attached hydrogen (secondary N) is 1. The summed E-state index contributed by atoms with van der Waals surface area (Å²) in [5, 5.41) is 3.30. The van der Waals surface area contributed by atoms with Crippen molar-refractivity contribution in [3.8, 4) is 11.5 Å². The highest BCUT2D eigenvalue weighted by molar-refractivity contribution is 5.79. The molecule has 1 amide bonds. The lowest BCUT2D eigenvalue weighted by atomic mass is 9.96. The van der Waals surface area contributed by atoms with Gasteiger partial charge < -0.3 is 19.7 Å². The number of piperidine rings is 1. The number of ether oxygens (including phenoxy) is 2. The van der Waals surface area contributed by atoms with Crippen LogP contribution in [0.4, 0.5) is 0 Å². The molecule has 0 bridgehead atoms. The normalized spacial score (nSPS) is 17.8. The zero-order chi connectivity index (χ0) is 14.7. The van der Waals surface area contributed by atoms with E-state index in [0.717, 1.165) is 49.5 Å². The molecule has 0 aromatic heterocycles. The molecule has 0 spiro atoms. The molecule has 0 aliphatic carbocycles. The fourth-order valence-electron chi connectivity index (χ4n) is 2.93. The Balaban J connectivity index is 1.67. The summed E-state index contributed by atoms with van der Waals surface area (Å²) < 4.78 is 10.7. The third-order valence-corrected chi connectivity index (χ3v) is 4.19. The predicted molar refractivity (Wildman–Crippen MR) is 79.2 cm³/mol. The van der Waals surface area contributed by atoms with E-state index in [1.165, 1.54) is 0 Å². The van der Waals surface area contributed by atoms with Crippen molar-refractivity contribution in [1.82, 2.24) is 10.2 Å². The molecule has 1 aromatic rings. The Kier molecular flexibility index (Phi) is 4.29. The first-order valence-electron chi connectivity index (χ1n) is 7.66. The molecular weight excluding hydrogens is 268 g/mol. The van der Waals surface area contributed by atoms with Crippen LogP contribution >= 0.6 is 0 Å². The zero-order valence-corrected chi connectivity index (χ0v) is 12.4. The van der Waals surface area contributed by atoms with E-state index in [4.69, 9.17) is 9.47 Å². The van der Waals surface area contributed by atoms with Crippen LogP contribution in [0, 0.1) is 5.92 Å². The summed E-state index contributed by atoms with van der Waals surface area (Å²) in [7, 11) is 0. The van der Waals surface area contributed by atoms with Gasteiger partial charge in [-0.25, -0.2) is 0 Å². The molecule has 0 unspecified atom stereocenters. The van der Waals surface area contributed by atoms with Crippen molar-refractivity contribution in [1.29, 1.82) is 0 Å². The summed E-state index contributed by atoms with van der Waals surface area (Å²) in [5.41, 5.74) is 1.09. The summed E-state index contributed by atoms with van der Waals surface area (Å²) in [5.74, 6) is 2.00. The molecule has 0 radical (unpaired) electrons. The van der Waals surface area contributed by atoms with Gasteiger partial charge in [-0.2, -0.15) is 0 Å². The Hall–Kier alpha value is -1.75. The van der Waals surface area contributed by atoms with Gasteiger partial charge in [0.15, 0.2) is 11.5 Å². The summed E-state index contributed by atoms with van der Waals surface area (Å²) in [6, 6.07) is 5.90. The van der Waals surface area contributed by atoms with Crippen LogP contribution < -0.4 is 14.8 Å². The average Bonchev–Trinajstić information content (AvgIpc) is 3.00. The van der Waals surface area contributed by atoms with Crippen LogP contribution in [-0.2, 0) is 11.3 Å². The van der Waals surface area contributed by atoms with Crippen LogP contribution in [-0.4, -0.2) is 37.2 Å². The highest BCUT2D eigenvalue weighted by atomic mass is 16.7. The second kappa shape index (κ2) is 6.35. The molecular formula is C16H22N2O3. The second-order valence-corrected chi connectivity index (χ2v) is 5.56. The van der Waals surface area contributed by atoms with E-state index in [1.807, 2.05) is 30.0 Å². The third-order valence-electron chi connectivity index (χ3n) is 4.19. The number of nitrogens with zero attached hydrogens (tertiary/aromatic N) is 1. The van der Waals surface area contributed by atoms with E-state index >= 15 is 0 Å². The molecule has 1 saturated heterocycles. The Morgan fingerprint density at radius 1 is 1.29 bits per heavy atom. The monoisotopic (exact) mass is 290 g/mol. The molecule has 21 heavy (non-hydrogen) atoms. The van der Waals surface area contributed by atoms with Crippen LogP contribution in [0.2, 0.25) is 0 Å². The van der Waals surface area contributed by atoms with Gasteiger partial charge in [0.25, 0.3) is 0 Å². The molecule has 2 aliphatic heterocycles. The number of hydrogen-bond acceptors (Lipinski definition) is 4. The highest BCUT2D eigenvalue weighted by Crippen LogP contribution is 2.33. The molecule has 1 N–H and O–H groups in total.